The number of hydrogen-bond acceptors (Lipinski definition) is 3. The highest BCUT2D eigenvalue weighted by Gasteiger charge is 2.28. The van der Waals surface area contributed by atoms with Gasteiger partial charge in [0, 0.05) is 16.3 Å². The van der Waals surface area contributed by atoms with Crippen molar-refractivity contribution in [2.45, 2.75) is 19.5 Å². The van der Waals surface area contributed by atoms with Crippen molar-refractivity contribution in [2.24, 2.45) is 0 Å². The zero-order valence-corrected chi connectivity index (χ0v) is 15.7. The van der Waals surface area contributed by atoms with Crippen molar-refractivity contribution in [3.8, 4) is 5.75 Å². The van der Waals surface area contributed by atoms with Crippen molar-refractivity contribution in [1.29, 1.82) is 0 Å². The number of carbonyl (C=O) groups is 2. The number of anilines is 1. The van der Waals surface area contributed by atoms with Crippen LogP contribution in [0.3, 0.4) is 0 Å². The van der Waals surface area contributed by atoms with Crippen LogP contribution in [0.2, 0.25) is 5.02 Å². The first kappa shape index (κ1) is 21.6. The van der Waals surface area contributed by atoms with Crippen LogP contribution >= 0.6 is 11.6 Å². The lowest BCUT2D eigenvalue weighted by atomic mass is 10.1. The van der Waals surface area contributed by atoms with Gasteiger partial charge >= 0.3 is 6.18 Å². The van der Waals surface area contributed by atoms with E-state index in [2.05, 4.69) is 5.32 Å². The van der Waals surface area contributed by atoms with Crippen LogP contribution in [0.5, 0.6) is 5.75 Å². The second kappa shape index (κ2) is 9.45. The molecule has 2 N–H and O–H groups in total. The van der Waals surface area contributed by atoms with Gasteiger partial charge in [0.2, 0.25) is 5.91 Å². The average molecular weight is 415 g/mol. The predicted octanol–water partition coefficient (Wildman–Crippen LogP) is 4.35. The van der Waals surface area contributed by atoms with Crippen LogP contribution < -0.4 is 15.4 Å². The minimum atomic E-state index is -4.50. The van der Waals surface area contributed by atoms with Gasteiger partial charge in [-0.2, -0.15) is 13.2 Å². The molecule has 0 heterocycles. The van der Waals surface area contributed by atoms with Crippen LogP contribution in [0.1, 0.15) is 22.3 Å². The molecule has 0 spiro atoms. The third-order valence-corrected chi connectivity index (χ3v) is 3.89. The first-order valence-electron chi connectivity index (χ1n) is 8.28. The van der Waals surface area contributed by atoms with Gasteiger partial charge in [-0.05, 0) is 48.9 Å². The smallest absolute Gasteiger partial charge is 0.405 e. The molecule has 5 nitrogen and oxygen atoms in total. The number of rotatable bonds is 7. The Balaban J connectivity index is 1.90. The molecule has 0 saturated carbocycles. The van der Waals surface area contributed by atoms with Gasteiger partial charge in [-0.15, -0.1) is 0 Å². The second-order valence-electron chi connectivity index (χ2n) is 5.93. The molecule has 2 rings (SSSR count). The molecule has 0 radical (unpaired) electrons. The Labute approximate surface area is 164 Å². The molecule has 0 aliphatic carbocycles. The minimum Gasteiger partial charge on any atom is -0.493 e. The normalized spacial score (nSPS) is 11.0. The van der Waals surface area contributed by atoms with Crippen molar-refractivity contribution in [2.75, 3.05) is 18.5 Å². The minimum absolute atomic E-state index is 0.0163. The highest BCUT2D eigenvalue weighted by Crippen LogP contribution is 2.19. The summed E-state index contributed by atoms with van der Waals surface area (Å²) in [4.78, 5) is 23.9. The summed E-state index contributed by atoms with van der Waals surface area (Å²) in [6, 6.07) is 10.9. The largest absolute Gasteiger partial charge is 0.493 e. The first-order valence-corrected chi connectivity index (χ1v) is 8.66. The fourth-order valence-corrected chi connectivity index (χ4v) is 2.31. The topological polar surface area (TPSA) is 67.4 Å². The number of benzene rings is 2. The van der Waals surface area contributed by atoms with Crippen LogP contribution in [0.25, 0.3) is 0 Å². The van der Waals surface area contributed by atoms with Gasteiger partial charge in [0.25, 0.3) is 5.91 Å². The number of ether oxygens (including phenoxy) is 1. The van der Waals surface area contributed by atoms with E-state index in [1.54, 1.807) is 42.6 Å². The summed E-state index contributed by atoms with van der Waals surface area (Å²) in [5.41, 5.74) is 1.03. The zero-order chi connectivity index (χ0) is 20.7. The maximum absolute atomic E-state index is 12.2. The molecule has 0 aromatic heterocycles. The lowest BCUT2D eigenvalue weighted by molar-refractivity contribution is -0.123. The van der Waals surface area contributed by atoms with Gasteiger partial charge in [-0.3, -0.25) is 9.59 Å². The third-order valence-electron chi connectivity index (χ3n) is 3.63. The standard InChI is InChI=1S/C19H18ClF3N2O3/c1-12-2-3-13(18(27)24-11-19(21,22)23)10-16(12)25-17(26)8-9-28-15-6-4-14(20)5-7-15/h2-7,10H,8-9,11H2,1H3,(H,24,27)(H,25,26). The van der Waals surface area contributed by atoms with E-state index in [9.17, 15) is 22.8 Å². The van der Waals surface area contributed by atoms with Gasteiger partial charge < -0.3 is 15.4 Å². The molecule has 0 atom stereocenters. The fourth-order valence-electron chi connectivity index (χ4n) is 2.19. The van der Waals surface area contributed by atoms with Gasteiger partial charge in [-0.25, -0.2) is 0 Å². The Morgan fingerprint density at radius 1 is 1.11 bits per heavy atom. The summed E-state index contributed by atoms with van der Waals surface area (Å²) < 4.78 is 42.1. The monoisotopic (exact) mass is 414 g/mol. The van der Waals surface area contributed by atoms with Crippen molar-refractivity contribution in [3.63, 3.8) is 0 Å². The first-order chi connectivity index (χ1) is 13.1. The van der Waals surface area contributed by atoms with E-state index < -0.39 is 18.6 Å². The lowest BCUT2D eigenvalue weighted by Crippen LogP contribution is -2.33. The molecule has 150 valence electrons. The quantitative estimate of drug-likeness (QED) is 0.708. The maximum atomic E-state index is 12.2. The number of amides is 2. The summed E-state index contributed by atoms with van der Waals surface area (Å²) in [5, 5.41) is 4.99. The summed E-state index contributed by atoms with van der Waals surface area (Å²) >= 11 is 5.77. The van der Waals surface area contributed by atoms with Gasteiger partial charge in [-0.1, -0.05) is 17.7 Å². The van der Waals surface area contributed by atoms with E-state index in [0.717, 1.165) is 0 Å². The number of nitrogens with one attached hydrogen (secondary N) is 2. The number of hydrogen-bond donors (Lipinski definition) is 2. The Morgan fingerprint density at radius 3 is 2.43 bits per heavy atom. The number of alkyl halides is 3. The van der Waals surface area contributed by atoms with E-state index in [0.29, 0.717) is 22.0 Å². The van der Waals surface area contributed by atoms with Crippen LogP contribution in [-0.4, -0.2) is 31.1 Å². The van der Waals surface area contributed by atoms with Crippen LogP contribution in [0.15, 0.2) is 42.5 Å². The SMILES string of the molecule is Cc1ccc(C(=O)NCC(F)(F)F)cc1NC(=O)CCOc1ccc(Cl)cc1. The third kappa shape index (κ3) is 7.11. The Morgan fingerprint density at radius 2 is 1.79 bits per heavy atom. The Bertz CT molecular complexity index is 839. The molecule has 2 amide bonds. The summed E-state index contributed by atoms with van der Waals surface area (Å²) in [5.74, 6) is -0.666. The van der Waals surface area contributed by atoms with E-state index in [4.69, 9.17) is 16.3 Å². The van der Waals surface area contributed by atoms with Crippen LogP contribution in [-0.2, 0) is 4.79 Å². The summed E-state index contributed by atoms with van der Waals surface area (Å²) in [6.45, 7) is 0.402. The highest BCUT2D eigenvalue weighted by molar-refractivity contribution is 6.30. The van der Waals surface area contributed by atoms with Gasteiger partial charge in [0.05, 0.1) is 13.0 Å². The van der Waals surface area contributed by atoms with E-state index in [1.807, 2.05) is 0 Å². The molecule has 0 fully saturated rings. The molecular formula is C19H18ClF3N2O3. The fraction of sp³-hybridized carbons (Fsp3) is 0.263. The molecule has 2 aromatic rings. The molecule has 0 aliphatic heterocycles. The average Bonchev–Trinajstić information content (AvgIpc) is 2.62. The van der Waals surface area contributed by atoms with E-state index in [-0.39, 0.29) is 24.5 Å². The van der Waals surface area contributed by atoms with E-state index in [1.165, 1.54) is 12.1 Å². The number of aryl methyl sites for hydroxylation is 1. The Hall–Kier alpha value is -2.74. The molecule has 0 saturated heterocycles. The van der Waals surface area contributed by atoms with Crippen molar-refractivity contribution >= 4 is 29.1 Å². The second-order valence-corrected chi connectivity index (χ2v) is 6.36. The van der Waals surface area contributed by atoms with Crippen LogP contribution in [0, 0.1) is 6.92 Å². The van der Waals surface area contributed by atoms with Crippen molar-refractivity contribution in [3.05, 3.63) is 58.6 Å². The van der Waals surface area contributed by atoms with Crippen molar-refractivity contribution in [1.82, 2.24) is 5.32 Å². The molecule has 2 aromatic carbocycles. The predicted molar refractivity (Wildman–Crippen MR) is 99.8 cm³/mol. The van der Waals surface area contributed by atoms with Gasteiger partial charge in [0.1, 0.15) is 12.3 Å². The molecular weight excluding hydrogens is 397 g/mol. The number of halogens is 4. The number of carbonyl (C=O) groups excluding carboxylic acids is 2. The van der Waals surface area contributed by atoms with Gasteiger partial charge in [0.15, 0.2) is 0 Å². The van der Waals surface area contributed by atoms with Crippen LogP contribution in [0.4, 0.5) is 18.9 Å². The summed E-state index contributed by atoms with van der Waals surface area (Å²) in [6.07, 6.45) is -4.45. The molecule has 0 unspecified atom stereocenters. The van der Waals surface area contributed by atoms with Crippen molar-refractivity contribution < 1.29 is 27.5 Å². The molecule has 0 bridgehead atoms. The maximum Gasteiger partial charge on any atom is 0.405 e. The Kier molecular flexibility index (Phi) is 7.28. The van der Waals surface area contributed by atoms with E-state index >= 15 is 0 Å². The molecule has 0 aliphatic rings. The highest BCUT2D eigenvalue weighted by atomic mass is 35.5. The molecule has 28 heavy (non-hydrogen) atoms. The lowest BCUT2D eigenvalue weighted by Gasteiger charge is -2.12. The summed E-state index contributed by atoms with van der Waals surface area (Å²) in [7, 11) is 0. The zero-order valence-electron chi connectivity index (χ0n) is 14.9. The molecule has 9 heteroatoms.